The molecule has 0 atom stereocenters. The normalized spacial score (nSPS) is 13.7. The minimum atomic E-state index is 0.0840. The largest absolute Gasteiger partial charge is 0.359 e. The van der Waals surface area contributed by atoms with Gasteiger partial charge in [-0.05, 0) is 49.2 Å². The van der Waals surface area contributed by atoms with Crippen molar-refractivity contribution in [3.8, 4) is 0 Å². The van der Waals surface area contributed by atoms with Gasteiger partial charge in [0.1, 0.15) is 0 Å². The van der Waals surface area contributed by atoms with Crippen LogP contribution < -0.4 is 4.90 Å². The molecule has 2 aromatic carbocycles. The van der Waals surface area contributed by atoms with Gasteiger partial charge >= 0.3 is 0 Å². The molecule has 0 radical (unpaired) electrons. The third-order valence-corrected chi connectivity index (χ3v) is 4.13. The zero-order valence-electron chi connectivity index (χ0n) is 11.9. The predicted molar refractivity (Wildman–Crippen MR) is 84.9 cm³/mol. The van der Waals surface area contributed by atoms with Crippen molar-refractivity contribution >= 4 is 22.5 Å². The Hall–Kier alpha value is -2.55. The van der Waals surface area contributed by atoms with Gasteiger partial charge in [0.15, 0.2) is 0 Å². The van der Waals surface area contributed by atoms with Crippen molar-refractivity contribution in [2.45, 2.75) is 13.3 Å². The Kier molecular flexibility index (Phi) is 2.61. The number of carbonyl (C=O) groups excluding carboxylic acids is 1. The minimum Gasteiger partial charge on any atom is -0.359 e. The van der Waals surface area contributed by atoms with Crippen molar-refractivity contribution in [2.24, 2.45) is 0 Å². The Labute approximate surface area is 123 Å². The summed E-state index contributed by atoms with van der Waals surface area (Å²) >= 11 is 0. The van der Waals surface area contributed by atoms with Crippen molar-refractivity contribution in [3.05, 3.63) is 65.4 Å². The molecule has 1 aromatic heterocycles. The van der Waals surface area contributed by atoms with E-state index in [0.29, 0.717) is 0 Å². The van der Waals surface area contributed by atoms with E-state index in [2.05, 4.69) is 17.1 Å². The molecule has 3 nitrogen and oxygen atoms in total. The van der Waals surface area contributed by atoms with Crippen LogP contribution in [0.25, 0.3) is 10.9 Å². The van der Waals surface area contributed by atoms with Crippen molar-refractivity contribution < 1.29 is 4.79 Å². The molecule has 3 heteroatoms. The summed E-state index contributed by atoms with van der Waals surface area (Å²) < 4.78 is 0. The molecule has 21 heavy (non-hydrogen) atoms. The molecule has 1 aliphatic heterocycles. The zero-order chi connectivity index (χ0) is 14.4. The molecular formula is C18H16N2O. The second kappa shape index (κ2) is 4.48. The first kappa shape index (κ1) is 12.2. The summed E-state index contributed by atoms with van der Waals surface area (Å²) in [7, 11) is 0. The molecule has 0 bridgehead atoms. The molecule has 0 fully saturated rings. The van der Waals surface area contributed by atoms with Crippen molar-refractivity contribution in [1.82, 2.24) is 4.98 Å². The number of fused-ring (bicyclic) bond motifs is 2. The molecule has 4 rings (SSSR count). The number of anilines is 1. The molecule has 3 aromatic rings. The summed E-state index contributed by atoms with van der Waals surface area (Å²) in [6.45, 7) is 2.79. The summed E-state index contributed by atoms with van der Waals surface area (Å²) in [5.41, 5.74) is 5.24. The summed E-state index contributed by atoms with van der Waals surface area (Å²) in [5.74, 6) is 0.0840. The average Bonchev–Trinajstić information content (AvgIpc) is 3.07. The van der Waals surface area contributed by atoms with Crippen LogP contribution in [0.2, 0.25) is 0 Å². The van der Waals surface area contributed by atoms with Crippen LogP contribution in [-0.2, 0) is 6.42 Å². The molecule has 0 saturated heterocycles. The van der Waals surface area contributed by atoms with E-state index in [4.69, 9.17) is 0 Å². The van der Waals surface area contributed by atoms with Gasteiger partial charge in [0.05, 0.1) is 0 Å². The van der Waals surface area contributed by atoms with Crippen molar-refractivity contribution in [2.75, 3.05) is 11.4 Å². The van der Waals surface area contributed by atoms with Crippen LogP contribution in [0.4, 0.5) is 5.69 Å². The maximum absolute atomic E-state index is 12.8. The molecule has 1 aliphatic rings. The lowest BCUT2D eigenvalue weighted by molar-refractivity contribution is 0.0989. The van der Waals surface area contributed by atoms with Crippen LogP contribution in [0, 0.1) is 6.92 Å². The van der Waals surface area contributed by atoms with Gasteiger partial charge in [0, 0.05) is 34.4 Å². The van der Waals surface area contributed by atoms with E-state index in [9.17, 15) is 4.79 Å². The lowest BCUT2D eigenvalue weighted by atomic mass is 10.1. The average molecular weight is 276 g/mol. The number of benzene rings is 2. The fourth-order valence-corrected chi connectivity index (χ4v) is 3.12. The lowest BCUT2D eigenvalue weighted by Crippen LogP contribution is -2.28. The number of aromatic nitrogens is 1. The summed E-state index contributed by atoms with van der Waals surface area (Å²) in [5, 5.41) is 1.09. The number of hydrogen-bond acceptors (Lipinski definition) is 1. The first-order valence-electron chi connectivity index (χ1n) is 7.21. The molecule has 1 amide bonds. The maximum Gasteiger partial charge on any atom is 0.258 e. The predicted octanol–water partition coefficient (Wildman–Crippen LogP) is 3.68. The third-order valence-electron chi connectivity index (χ3n) is 4.13. The Morgan fingerprint density at radius 2 is 2.00 bits per heavy atom. The fraction of sp³-hybridized carbons (Fsp3) is 0.167. The number of hydrogen-bond donors (Lipinski definition) is 1. The highest BCUT2D eigenvalue weighted by Crippen LogP contribution is 2.29. The highest BCUT2D eigenvalue weighted by molar-refractivity contribution is 6.08. The Bertz CT molecular complexity index is 847. The van der Waals surface area contributed by atoms with Gasteiger partial charge in [-0.3, -0.25) is 4.79 Å². The van der Waals surface area contributed by atoms with Crippen LogP contribution in [-0.4, -0.2) is 17.4 Å². The highest BCUT2D eigenvalue weighted by atomic mass is 16.2. The highest BCUT2D eigenvalue weighted by Gasteiger charge is 2.25. The molecule has 2 heterocycles. The number of para-hydroxylation sites is 1. The number of aromatic amines is 1. The van der Waals surface area contributed by atoms with Crippen LogP contribution in [0.15, 0.2) is 48.5 Å². The van der Waals surface area contributed by atoms with E-state index >= 15 is 0 Å². The van der Waals surface area contributed by atoms with Gasteiger partial charge < -0.3 is 9.88 Å². The Morgan fingerprint density at radius 3 is 2.90 bits per heavy atom. The first-order chi connectivity index (χ1) is 10.2. The SMILES string of the molecule is Cc1cc2cc(C(=O)N3CCc4ccccc43)ccc2[nH]1. The van der Waals surface area contributed by atoms with E-state index in [1.165, 1.54) is 5.56 Å². The summed E-state index contributed by atoms with van der Waals surface area (Å²) in [4.78, 5) is 17.9. The monoisotopic (exact) mass is 276 g/mol. The Balaban J connectivity index is 1.73. The molecule has 0 aliphatic carbocycles. The minimum absolute atomic E-state index is 0.0840. The van der Waals surface area contributed by atoms with Crippen molar-refractivity contribution in [3.63, 3.8) is 0 Å². The van der Waals surface area contributed by atoms with Crippen LogP contribution in [0.3, 0.4) is 0 Å². The lowest BCUT2D eigenvalue weighted by Gasteiger charge is -2.17. The van der Waals surface area contributed by atoms with E-state index in [1.807, 2.05) is 48.2 Å². The van der Waals surface area contributed by atoms with Gasteiger partial charge in [0.2, 0.25) is 0 Å². The maximum atomic E-state index is 12.8. The fourth-order valence-electron chi connectivity index (χ4n) is 3.12. The number of aryl methyl sites for hydroxylation is 1. The summed E-state index contributed by atoms with van der Waals surface area (Å²) in [6, 6.07) is 16.1. The molecule has 0 spiro atoms. The quantitative estimate of drug-likeness (QED) is 0.723. The van der Waals surface area contributed by atoms with Crippen molar-refractivity contribution in [1.29, 1.82) is 0 Å². The Morgan fingerprint density at radius 1 is 1.14 bits per heavy atom. The standard InChI is InChI=1S/C18H16N2O/c1-12-10-15-11-14(6-7-16(15)19-12)18(21)20-9-8-13-4-2-3-5-17(13)20/h2-7,10-11,19H,8-9H2,1H3. The van der Waals surface area contributed by atoms with Gasteiger partial charge in [-0.25, -0.2) is 0 Å². The molecule has 104 valence electrons. The second-order valence-corrected chi connectivity index (χ2v) is 5.59. The molecule has 1 N–H and O–H groups in total. The smallest absolute Gasteiger partial charge is 0.258 e. The number of H-pyrrole nitrogens is 1. The van der Waals surface area contributed by atoms with E-state index in [-0.39, 0.29) is 5.91 Å². The zero-order valence-corrected chi connectivity index (χ0v) is 11.9. The second-order valence-electron chi connectivity index (χ2n) is 5.59. The van der Waals surface area contributed by atoms with E-state index < -0.39 is 0 Å². The van der Waals surface area contributed by atoms with Crippen LogP contribution in [0.5, 0.6) is 0 Å². The molecule has 0 unspecified atom stereocenters. The number of nitrogens with one attached hydrogen (secondary N) is 1. The topological polar surface area (TPSA) is 36.1 Å². The summed E-state index contributed by atoms with van der Waals surface area (Å²) in [6.07, 6.45) is 0.938. The molecular weight excluding hydrogens is 260 g/mol. The van der Waals surface area contributed by atoms with Gasteiger partial charge in [-0.2, -0.15) is 0 Å². The van der Waals surface area contributed by atoms with Crippen LogP contribution in [0.1, 0.15) is 21.6 Å². The molecule has 0 saturated carbocycles. The van der Waals surface area contributed by atoms with Gasteiger partial charge in [0.25, 0.3) is 5.91 Å². The van der Waals surface area contributed by atoms with E-state index in [1.54, 1.807) is 0 Å². The number of nitrogens with zero attached hydrogens (tertiary/aromatic N) is 1. The third kappa shape index (κ3) is 1.93. The van der Waals surface area contributed by atoms with E-state index in [0.717, 1.165) is 40.8 Å². The number of amides is 1. The number of carbonyl (C=O) groups is 1. The van der Waals surface area contributed by atoms with Crippen LogP contribution >= 0.6 is 0 Å². The number of rotatable bonds is 1. The first-order valence-corrected chi connectivity index (χ1v) is 7.21. The van der Waals surface area contributed by atoms with Gasteiger partial charge in [-0.15, -0.1) is 0 Å². The van der Waals surface area contributed by atoms with Gasteiger partial charge in [-0.1, -0.05) is 18.2 Å².